The van der Waals surface area contributed by atoms with E-state index in [-0.39, 0.29) is 5.91 Å². The summed E-state index contributed by atoms with van der Waals surface area (Å²) in [5.74, 6) is 0.0946. The van der Waals surface area contributed by atoms with Gasteiger partial charge in [0.2, 0.25) is 5.91 Å². The summed E-state index contributed by atoms with van der Waals surface area (Å²) in [5.41, 5.74) is 2.96. The number of rotatable bonds is 1. The van der Waals surface area contributed by atoms with Crippen molar-refractivity contribution >= 4 is 12.2 Å². The van der Waals surface area contributed by atoms with Crippen molar-refractivity contribution in [3.8, 4) is 0 Å². The Bertz CT molecular complexity index is 412. The normalized spacial score (nSPS) is 14.6. The fourth-order valence-corrected chi connectivity index (χ4v) is 2.02. The van der Waals surface area contributed by atoms with E-state index < -0.39 is 0 Å². The lowest BCUT2D eigenvalue weighted by Gasteiger charge is -2.28. The minimum atomic E-state index is 0.0946. The van der Waals surface area contributed by atoms with E-state index in [1.54, 1.807) is 11.8 Å². The number of nitrogens with zero attached hydrogens (tertiary/aromatic N) is 1. The zero-order chi connectivity index (χ0) is 10.8. The number of fused-ring (bicyclic) bond motifs is 1. The number of hydrogen-bond acceptors (Lipinski definition) is 2. The Hall–Kier alpha value is -1.64. The first-order valence-corrected chi connectivity index (χ1v) is 5.04. The second-order valence-corrected chi connectivity index (χ2v) is 3.79. The predicted octanol–water partition coefficient (Wildman–Crippen LogP) is 1.40. The van der Waals surface area contributed by atoms with Gasteiger partial charge in [0.05, 0.1) is 0 Å². The summed E-state index contributed by atoms with van der Waals surface area (Å²) in [7, 11) is 0. The maximum atomic E-state index is 11.2. The highest BCUT2D eigenvalue weighted by molar-refractivity contribution is 5.79. The van der Waals surface area contributed by atoms with Crippen LogP contribution in [0.1, 0.15) is 28.4 Å². The molecule has 0 spiro atoms. The summed E-state index contributed by atoms with van der Waals surface area (Å²) < 4.78 is 0. The number of carbonyl (C=O) groups is 2. The average molecular weight is 203 g/mol. The molecule has 15 heavy (non-hydrogen) atoms. The Morgan fingerprint density at radius 2 is 2.27 bits per heavy atom. The summed E-state index contributed by atoms with van der Waals surface area (Å²) in [6, 6.07) is 5.68. The molecule has 0 unspecified atom stereocenters. The Labute approximate surface area is 88.7 Å². The van der Waals surface area contributed by atoms with Crippen molar-refractivity contribution in [2.75, 3.05) is 6.54 Å². The lowest BCUT2D eigenvalue weighted by Crippen LogP contribution is -2.34. The van der Waals surface area contributed by atoms with Crippen LogP contribution >= 0.6 is 0 Å². The molecule has 3 heteroatoms. The Balaban J connectivity index is 2.35. The molecule has 0 bridgehead atoms. The van der Waals surface area contributed by atoms with Gasteiger partial charge in [0.25, 0.3) is 0 Å². The number of amides is 1. The third-order valence-corrected chi connectivity index (χ3v) is 2.87. The molecular formula is C12H13NO2. The van der Waals surface area contributed by atoms with Gasteiger partial charge < -0.3 is 4.90 Å². The molecule has 1 heterocycles. The molecule has 2 rings (SSSR count). The van der Waals surface area contributed by atoms with Crippen LogP contribution in [-0.4, -0.2) is 23.6 Å². The number of aldehydes is 1. The second kappa shape index (κ2) is 3.85. The minimum Gasteiger partial charge on any atom is -0.338 e. The van der Waals surface area contributed by atoms with Crippen molar-refractivity contribution in [1.29, 1.82) is 0 Å². The summed E-state index contributed by atoms with van der Waals surface area (Å²) in [6.07, 6.45) is 1.67. The summed E-state index contributed by atoms with van der Waals surface area (Å²) >= 11 is 0. The molecule has 0 N–H and O–H groups in total. The molecule has 0 atom stereocenters. The largest absolute Gasteiger partial charge is 0.338 e. The SMILES string of the molecule is CC(=O)N1CCc2c(C=O)cccc2C1. The number of carbonyl (C=O) groups excluding carboxylic acids is 2. The van der Waals surface area contributed by atoms with E-state index in [4.69, 9.17) is 0 Å². The lowest BCUT2D eigenvalue weighted by atomic mass is 9.95. The molecule has 3 nitrogen and oxygen atoms in total. The quantitative estimate of drug-likeness (QED) is 0.647. The van der Waals surface area contributed by atoms with Gasteiger partial charge in [0.1, 0.15) is 6.29 Å². The van der Waals surface area contributed by atoms with Crippen LogP contribution in [-0.2, 0) is 17.8 Å². The van der Waals surface area contributed by atoms with Crippen LogP contribution in [0.3, 0.4) is 0 Å². The van der Waals surface area contributed by atoms with Crippen molar-refractivity contribution in [3.05, 3.63) is 34.9 Å². The first-order chi connectivity index (χ1) is 7.22. The minimum absolute atomic E-state index is 0.0946. The maximum Gasteiger partial charge on any atom is 0.219 e. The van der Waals surface area contributed by atoms with Crippen molar-refractivity contribution < 1.29 is 9.59 Å². The van der Waals surface area contributed by atoms with Gasteiger partial charge in [-0.1, -0.05) is 18.2 Å². The second-order valence-electron chi connectivity index (χ2n) is 3.79. The molecule has 0 radical (unpaired) electrons. The van der Waals surface area contributed by atoms with Crippen molar-refractivity contribution in [2.24, 2.45) is 0 Å². The zero-order valence-electron chi connectivity index (χ0n) is 8.69. The smallest absolute Gasteiger partial charge is 0.219 e. The fourth-order valence-electron chi connectivity index (χ4n) is 2.02. The third kappa shape index (κ3) is 1.77. The van der Waals surface area contributed by atoms with Gasteiger partial charge in [-0.3, -0.25) is 9.59 Å². The number of benzene rings is 1. The van der Waals surface area contributed by atoms with Gasteiger partial charge in [-0.2, -0.15) is 0 Å². The Morgan fingerprint density at radius 1 is 1.47 bits per heavy atom. The van der Waals surface area contributed by atoms with Gasteiger partial charge in [0.15, 0.2) is 0 Å². The van der Waals surface area contributed by atoms with E-state index in [1.165, 1.54) is 0 Å². The van der Waals surface area contributed by atoms with Gasteiger partial charge in [0, 0.05) is 25.6 Å². The Kier molecular flexibility index (Phi) is 2.54. The molecule has 1 aromatic rings. The summed E-state index contributed by atoms with van der Waals surface area (Å²) in [6.45, 7) is 2.92. The lowest BCUT2D eigenvalue weighted by molar-refractivity contribution is -0.129. The standard InChI is InChI=1S/C12H13NO2/c1-9(15)13-6-5-12-10(7-13)3-2-4-11(12)8-14/h2-4,8H,5-7H2,1H3. The molecule has 0 aromatic heterocycles. The molecule has 0 aliphatic carbocycles. The monoisotopic (exact) mass is 203 g/mol. The summed E-state index contributed by atoms with van der Waals surface area (Å²) in [4.78, 5) is 23.8. The Morgan fingerprint density at radius 3 is 2.93 bits per heavy atom. The van der Waals surface area contributed by atoms with Crippen LogP contribution in [0.2, 0.25) is 0 Å². The highest BCUT2D eigenvalue weighted by Gasteiger charge is 2.19. The first-order valence-electron chi connectivity index (χ1n) is 5.04. The zero-order valence-corrected chi connectivity index (χ0v) is 8.69. The highest BCUT2D eigenvalue weighted by Crippen LogP contribution is 2.21. The van der Waals surface area contributed by atoms with Crippen molar-refractivity contribution in [1.82, 2.24) is 4.90 Å². The average Bonchev–Trinajstić information content (AvgIpc) is 2.27. The molecule has 1 aliphatic heterocycles. The molecule has 0 fully saturated rings. The van der Waals surface area contributed by atoms with Gasteiger partial charge in [-0.15, -0.1) is 0 Å². The van der Waals surface area contributed by atoms with E-state index in [1.807, 2.05) is 18.2 Å². The van der Waals surface area contributed by atoms with Gasteiger partial charge >= 0.3 is 0 Å². The fraction of sp³-hybridized carbons (Fsp3) is 0.333. The molecule has 0 saturated carbocycles. The number of hydrogen-bond donors (Lipinski definition) is 0. The van der Waals surface area contributed by atoms with E-state index in [0.717, 1.165) is 29.4 Å². The predicted molar refractivity (Wildman–Crippen MR) is 56.6 cm³/mol. The van der Waals surface area contributed by atoms with Crippen molar-refractivity contribution in [3.63, 3.8) is 0 Å². The van der Waals surface area contributed by atoms with E-state index in [2.05, 4.69) is 0 Å². The van der Waals surface area contributed by atoms with Crippen LogP contribution in [0.4, 0.5) is 0 Å². The molecule has 1 amide bonds. The molecule has 78 valence electrons. The van der Waals surface area contributed by atoms with Crippen LogP contribution in [0, 0.1) is 0 Å². The summed E-state index contributed by atoms with van der Waals surface area (Å²) in [5, 5.41) is 0. The first kappa shape index (κ1) is 9.90. The van der Waals surface area contributed by atoms with Crippen molar-refractivity contribution in [2.45, 2.75) is 19.9 Å². The third-order valence-electron chi connectivity index (χ3n) is 2.87. The van der Waals surface area contributed by atoms with Crippen LogP contribution in [0.15, 0.2) is 18.2 Å². The van der Waals surface area contributed by atoms with Crippen LogP contribution < -0.4 is 0 Å². The van der Waals surface area contributed by atoms with Gasteiger partial charge in [-0.05, 0) is 17.5 Å². The van der Waals surface area contributed by atoms with Gasteiger partial charge in [-0.25, -0.2) is 0 Å². The highest BCUT2D eigenvalue weighted by atomic mass is 16.2. The molecule has 0 saturated heterocycles. The van der Waals surface area contributed by atoms with E-state index in [9.17, 15) is 9.59 Å². The van der Waals surface area contributed by atoms with E-state index >= 15 is 0 Å². The molecule has 1 aliphatic rings. The van der Waals surface area contributed by atoms with Crippen LogP contribution in [0.25, 0.3) is 0 Å². The van der Waals surface area contributed by atoms with E-state index in [0.29, 0.717) is 13.1 Å². The molecular weight excluding hydrogens is 190 g/mol. The molecule has 1 aromatic carbocycles. The van der Waals surface area contributed by atoms with Crippen LogP contribution in [0.5, 0.6) is 0 Å². The maximum absolute atomic E-state index is 11.2. The topological polar surface area (TPSA) is 37.4 Å².